The minimum Gasteiger partial charge on any atom is -0.372 e. The minimum absolute atomic E-state index is 0.0580. The third kappa shape index (κ3) is 6.60. The number of nitrogens with zero attached hydrogens (tertiary/aromatic N) is 2. The van der Waals surface area contributed by atoms with Crippen molar-refractivity contribution in [2.45, 2.75) is 39.3 Å². The Morgan fingerprint density at radius 2 is 1.95 bits per heavy atom. The maximum atomic E-state index is 12.0. The van der Waals surface area contributed by atoms with E-state index in [2.05, 4.69) is 36.0 Å². The summed E-state index contributed by atoms with van der Waals surface area (Å²) in [4.78, 5) is 8.66. The highest BCUT2D eigenvalue weighted by atomic mass is 79.9. The molecule has 0 spiro atoms. The van der Waals surface area contributed by atoms with Gasteiger partial charge in [-0.05, 0) is 28.8 Å². The van der Waals surface area contributed by atoms with Gasteiger partial charge in [0.1, 0.15) is 18.2 Å². The quantitative estimate of drug-likeness (QED) is 0.709. The summed E-state index contributed by atoms with van der Waals surface area (Å²) in [6, 6.07) is 0. The molecule has 120 valence electrons. The molecule has 8 heteroatoms. The summed E-state index contributed by atoms with van der Waals surface area (Å²) in [5.41, 5.74) is 0.828. The summed E-state index contributed by atoms with van der Waals surface area (Å²) < 4.78 is 41.3. The van der Waals surface area contributed by atoms with E-state index < -0.39 is 12.8 Å². The molecule has 0 aliphatic rings. The molecule has 0 fully saturated rings. The monoisotopic (exact) mass is 369 g/mol. The number of ether oxygens (including phenoxy) is 1. The van der Waals surface area contributed by atoms with Crippen LogP contribution in [0.5, 0.6) is 0 Å². The molecule has 0 amide bonds. The predicted molar refractivity (Wildman–Crippen MR) is 78.5 cm³/mol. The van der Waals surface area contributed by atoms with E-state index in [-0.39, 0.29) is 13.0 Å². The average Bonchev–Trinajstić information content (AvgIpc) is 2.42. The van der Waals surface area contributed by atoms with E-state index in [1.54, 1.807) is 0 Å². The van der Waals surface area contributed by atoms with Gasteiger partial charge in [0.2, 0.25) is 0 Å². The van der Waals surface area contributed by atoms with Gasteiger partial charge in [-0.3, -0.25) is 0 Å². The largest absolute Gasteiger partial charge is 0.411 e. The lowest BCUT2D eigenvalue weighted by molar-refractivity contribution is -0.173. The SMILES string of the molecule is CCCNc1nc(CCOCC(F)(F)F)nc(CC)c1Br. The van der Waals surface area contributed by atoms with Crippen molar-refractivity contribution in [3.05, 3.63) is 16.0 Å². The third-order valence-corrected chi connectivity index (χ3v) is 3.41. The molecule has 1 aromatic heterocycles. The standard InChI is InChI=1S/C13H19BrF3N3O/c1-3-6-18-12-11(14)9(4-2)19-10(20-12)5-7-21-8-13(15,16)17/h3-8H2,1-2H3,(H,18,19,20). The second-order valence-electron chi connectivity index (χ2n) is 4.45. The van der Waals surface area contributed by atoms with Crippen LogP contribution in [0.15, 0.2) is 4.47 Å². The zero-order chi connectivity index (χ0) is 15.9. The van der Waals surface area contributed by atoms with Gasteiger partial charge in [-0.2, -0.15) is 13.2 Å². The molecule has 0 unspecified atom stereocenters. The van der Waals surface area contributed by atoms with Gasteiger partial charge < -0.3 is 10.1 Å². The van der Waals surface area contributed by atoms with E-state index in [1.807, 2.05) is 13.8 Å². The molecular weight excluding hydrogens is 351 g/mol. The van der Waals surface area contributed by atoms with Crippen molar-refractivity contribution in [1.82, 2.24) is 9.97 Å². The average molecular weight is 370 g/mol. The molecule has 0 aliphatic carbocycles. The van der Waals surface area contributed by atoms with Gasteiger partial charge in [0.25, 0.3) is 0 Å². The van der Waals surface area contributed by atoms with E-state index in [4.69, 9.17) is 0 Å². The molecule has 1 N–H and O–H groups in total. The highest BCUT2D eigenvalue weighted by Crippen LogP contribution is 2.24. The van der Waals surface area contributed by atoms with Gasteiger partial charge in [0, 0.05) is 13.0 Å². The number of aromatic nitrogens is 2. The first-order valence-electron chi connectivity index (χ1n) is 6.81. The molecule has 4 nitrogen and oxygen atoms in total. The molecule has 1 heterocycles. The van der Waals surface area contributed by atoms with Crippen molar-refractivity contribution in [2.24, 2.45) is 0 Å². The minimum atomic E-state index is -4.30. The Morgan fingerprint density at radius 3 is 2.52 bits per heavy atom. The fourth-order valence-electron chi connectivity index (χ4n) is 1.60. The van der Waals surface area contributed by atoms with Crippen molar-refractivity contribution in [2.75, 3.05) is 25.1 Å². The predicted octanol–water partition coefficient (Wildman–Crippen LogP) is 3.74. The topological polar surface area (TPSA) is 47.0 Å². The molecule has 1 rings (SSSR count). The first-order chi connectivity index (χ1) is 9.87. The molecule has 0 radical (unpaired) electrons. The second kappa shape index (κ2) is 8.53. The van der Waals surface area contributed by atoms with Crippen molar-refractivity contribution in [1.29, 1.82) is 0 Å². The molecule has 0 atom stereocenters. The Bertz CT molecular complexity index is 455. The smallest absolute Gasteiger partial charge is 0.372 e. The Morgan fingerprint density at radius 1 is 1.24 bits per heavy atom. The summed E-state index contributed by atoms with van der Waals surface area (Å²) in [6.07, 6.45) is -2.40. The maximum absolute atomic E-state index is 12.0. The van der Waals surface area contributed by atoms with Crippen molar-refractivity contribution >= 4 is 21.7 Å². The molecule has 0 bridgehead atoms. The zero-order valence-electron chi connectivity index (χ0n) is 12.1. The second-order valence-corrected chi connectivity index (χ2v) is 5.24. The van der Waals surface area contributed by atoms with Gasteiger partial charge in [0.05, 0.1) is 16.8 Å². The van der Waals surface area contributed by atoms with Crippen LogP contribution >= 0.6 is 15.9 Å². The first-order valence-corrected chi connectivity index (χ1v) is 7.60. The normalized spacial score (nSPS) is 11.7. The van der Waals surface area contributed by atoms with Crippen LogP contribution in [0.1, 0.15) is 31.8 Å². The maximum Gasteiger partial charge on any atom is 0.411 e. The number of aryl methyl sites for hydroxylation is 1. The zero-order valence-corrected chi connectivity index (χ0v) is 13.6. The molecule has 0 aromatic carbocycles. The molecule has 21 heavy (non-hydrogen) atoms. The van der Waals surface area contributed by atoms with E-state index in [0.717, 1.165) is 23.1 Å². The summed E-state index contributed by atoms with van der Waals surface area (Å²) >= 11 is 3.45. The van der Waals surface area contributed by atoms with E-state index in [0.29, 0.717) is 18.1 Å². The summed E-state index contributed by atoms with van der Waals surface area (Å²) in [5, 5.41) is 3.17. The van der Waals surface area contributed by atoms with E-state index in [1.165, 1.54) is 0 Å². The van der Waals surface area contributed by atoms with Gasteiger partial charge in [0.15, 0.2) is 0 Å². The number of alkyl halides is 3. The van der Waals surface area contributed by atoms with Crippen molar-refractivity contribution in [3.8, 4) is 0 Å². The van der Waals surface area contributed by atoms with Gasteiger partial charge in [-0.25, -0.2) is 9.97 Å². The Balaban J connectivity index is 2.68. The van der Waals surface area contributed by atoms with E-state index >= 15 is 0 Å². The number of nitrogens with one attached hydrogen (secondary N) is 1. The summed E-state index contributed by atoms with van der Waals surface area (Å²) in [5.74, 6) is 1.16. The Hall–Kier alpha value is -0.890. The van der Waals surface area contributed by atoms with Crippen LogP contribution in [0.4, 0.5) is 19.0 Å². The highest BCUT2D eigenvalue weighted by molar-refractivity contribution is 9.10. The Labute approximate surface area is 130 Å². The lowest BCUT2D eigenvalue weighted by atomic mass is 10.3. The summed E-state index contributed by atoms with van der Waals surface area (Å²) in [6.45, 7) is 3.46. The Kier molecular flexibility index (Phi) is 7.37. The van der Waals surface area contributed by atoms with E-state index in [9.17, 15) is 13.2 Å². The van der Waals surface area contributed by atoms with Crippen LogP contribution in [0.3, 0.4) is 0 Å². The van der Waals surface area contributed by atoms with Gasteiger partial charge in [-0.15, -0.1) is 0 Å². The van der Waals surface area contributed by atoms with Gasteiger partial charge >= 0.3 is 6.18 Å². The summed E-state index contributed by atoms with van der Waals surface area (Å²) in [7, 11) is 0. The fourth-order valence-corrected chi connectivity index (χ4v) is 2.20. The molecule has 0 aliphatic heterocycles. The third-order valence-electron chi connectivity index (χ3n) is 2.58. The number of halogens is 4. The fraction of sp³-hybridized carbons (Fsp3) is 0.692. The molecule has 1 aromatic rings. The number of anilines is 1. The number of rotatable bonds is 8. The molecular formula is C13H19BrF3N3O. The van der Waals surface area contributed by atoms with Crippen LogP contribution in [-0.2, 0) is 17.6 Å². The van der Waals surface area contributed by atoms with Crippen molar-refractivity contribution < 1.29 is 17.9 Å². The lowest BCUT2D eigenvalue weighted by Crippen LogP contribution is -2.18. The van der Waals surface area contributed by atoms with Gasteiger partial charge in [-0.1, -0.05) is 13.8 Å². The van der Waals surface area contributed by atoms with Crippen LogP contribution in [0.25, 0.3) is 0 Å². The molecule has 0 saturated heterocycles. The first kappa shape index (κ1) is 18.2. The van der Waals surface area contributed by atoms with Crippen LogP contribution < -0.4 is 5.32 Å². The highest BCUT2D eigenvalue weighted by Gasteiger charge is 2.27. The van der Waals surface area contributed by atoms with Crippen LogP contribution in [0.2, 0.25) is 0 Å². The number of hydrogen-bond acceptors (Lipinski definition) is 4. The van der Waals surface area contributed by atoms with Crippen molar-refractivity contribution in [3.63, 3.8) is 0 Å². The number of hydrogen-bond donors (Lipinski definition) is 1. The lowest BCUT2D eigenvalue weighted by Gasteiger charge is -2.12. The van der Waals surface area contributed by atoms with Crippen LogP contribution in [0, 0.1) is 0 Å². The van der Waals surface area contributed by atoms with Crippen LogP contribution in [-0.4, -0.2) is 35.9 Å². The molecule has 0 saturated carbocycles.